The van der Waals surface area contributed by atoms with E-state index in [1.165, 1.54) is 6.07 Å². The summed E-state index contributed by atoms with van der Waals surface area (Å²) in [6.07, 6.45) is 3.54. The Bertz CT molecular complexity index is 1490. The molecule has 6 nitrogen and oxygen atoms in total. The van der Waals surface area contributed by atoms with Gasteiger partial charge in [0.25, 0.3) is 5.91 Å². The molecule has 1 unspecified atom stereocenters. The predicted molar refractivity (Wildman–Crippen MR) is 133 cm³/mol. The van der Waals surface area contributed by atoms with Crippen molar-refractivity contribution in [2.24, 2.45) is 7.05 Å². The third-order valence-corrected chi connectivity index (χ3v) is 6.17. The van der Waals surface area contributed by atoms with Gasteiger partial charge in [0.1, 0.15) is 29.1 Å². The van der Waals surface area contributed by atoms with Gasteiger partial charge in [-0.15, -0.1) is 0 Å². The molecule has 2 heterocycles. The van der Waals surface area contributed by atoms with E-state index in [9.17, 15) is 9.18 Å². The molecule has 0 fully saturated rings. The molecule has 7 heteroatoms. The summed E-state index contributed by atoms with van der Waals surface area (Å²) in [5.41, 5.74) is 2.69. The SMILES string of the molecule is COc1ccc(C(NC(=O)c2cc3ccccc3n2Cc2ccccc2F)c2nccn2C)cc1. The molecular weight excluding hydrogens is 443 g/mol. The highest BCUT2D eigenvalue weighted by Crippen LogP contribution is 2.26. The first kappa shape index (κ1) is 22.4. The van der Waals surface area contributed by atoms with Crippen LogP contribution in [0.15, 0.2) is 91.3 Å². The number of hydrogen-bond acceptors (Lipinski definition) is 3. The van der Waals surface area contributed by atoms with Gasteiger partial charge < -0.3 is 19.2 Å². The number of para-hydroxylation sites is 1. The number of fused-ring (bicyclic) bond motifs is 1. The number of methoxy groups -OCH3 is 1. The fraction of sp³-hybridized carbons (Fsp3) is 0.143. The Hall–Kier alpha value is -4.39. The van der Waals surface area contributed by atoms with E-state index in [2.05, 4.69) is 10.3 Å². The minimum atomic E-state index is -0.492. The van der Waals surface area contributed by atoms with Crippen LogP contribution in [0.3, 0.4) is 0 Å². The number of nitrogens with zero attached hydrogens (tertiary/aromatic N) is 3. The van der Waals surface area contributed by atoms with Gasteiger partial charge in [-0.25, -0.2) is 9.37 Å². The Morgan fingerprint density at radius 1 is 1.06 bits per heavy atom. The second kappa shape index (κ2) is 9.46. The first-order valence-corrected chi connectivity index (χ1v) is 11.3. The standard InChI is InChI=1S/C28H25FN4O2/c1-32-16-15-30-27(32)26(19-11-13-22(35-2)14-12-19)31-28(34)25-17-20-7-4-6-10-24(20)33(25)18-21-8-3-5-9-23(21)29/h3-17,26H,18H2,1-2H3,(H,31,34). The number of carbonyl (C=O) groups is 1. The highest BCUT2D eigenvalue weighted by molar-refractivity contribution is 5.99. The number of rotatable bonds is 7. The van der Waals surface area contributed by atoms with Gasteiger partial charge in [-0.05, 0) is 35.9 Å². The first-order chi connectivity index (χ1) is 17.0. The van der Waals surface area contributed by atoms with Crippen molar-refractivity contribution in [3.63, 3.8) is 0 Å². The summed E-state index contributed by atoms with van der Waals surface area (Å²) in [4.78, 5) is 18.2. The molecule has 1 atom stereocenters. The van der Waals surface area contributed by atoms with Crippen LogP contribution in [0.4, 0.5) is 4.39 Å². The lowest BCUT2D eigenvalue weighted by molar-refractivity contribution is 0.0932. The number of aromatic nitrogens is 3. The van der Waals surface area contributed by atoms with Crippen LogP contribution in [0.5, 0.6) is 5.75 Å². The normalized spacial score (nSPS) is 12.0. The Morgan fingerprint density at radius 2 is 1.80 bits per heavy atom. The predicted octanol–water partition coefficient (Wildman–Crippen LogP) is 5.09. The molecule has 3 aromatic carbocycles. The van der Waals surface area contributed by atoms with Crippen molar-refractivity contribution in [2.45, 2.75) is 12.6 Å². The van der Waals surface area contributed by atoms with E-state index in [0.29, 0.717) is 17.1 Å². The maximum Gasteiger partial charge on any atom is 0.268 e. The van der Waals surface area contributed by atoms with E-state index in [-0.39, 0.29) is 18.3 Å². The zero-order chi connectivity index (χ0) is 24.4. The van der Waals surface area contributed by atoms with E-state index in [1.54, 1.807) is 31.5 Å². The molecule has 2 aromatic heterocycles. The van der Waals surface area contributed by atoms with E-state index >= 15 is 0 Å². The summed E-state index contributed by atoms with van der Waals surface area (Å²) in [7, 11) is 3.50. The van der Waals surface area contributed by atoms with Crippen molar-refractivity contribution in [1.29, 1.82) is 0 Å². The van der Waals surface area contributed by atoms with Crippen molar-refractivity contribution >= 4 is 16.8 Å². The number of ether oxygens (including phenoxy) is 1. The lowest BCUT2D eigenvalue weighted by Gasteiger charge is -2.20. The Morgan fingerprint density at radius 3 is 2.51 bits per heavy atom. The van der Waals surface area contributed by atoms with Crippen LogP contribution in [0.1, 0.15) is 33.5 Å². The molecule has 0 bridgehead atoms. The number of imidazole rings is 1. The maximum atomic E-state index is 14.5. The van der Waals surface area contributed by atoms with Crippen LogP contribution in [0.25, 0.3) is 10.9 Å². The van der Waals surface area contributed by atoms with Crippen molar-refractivity contribution in [3.05, 3.63) is 120 Å². The zero-order valence-corrected chi connectivity index (χ0v) is 19.5. The first-order valence-electron chi connectivity index (χ1n) is 11.3. The highest BCUT2D eigenvalue weighted by Gasteiger charge is 2.24. The van der Waals surface area contributed by atoms with E-state index in [4.69, 9.17) is 4.74 Å². The van der Waals surface area contributed by atoms with Crippen LogP contribution in [-0.2, 0) is 13.6 Å². The smallest absolute Gasteiger partial charge is 0.268 e. The van der Waals surface area contributed by atoms with Crippen LogP contribution in [-0.4, -0.2) is 27.1 Å². The fourth-order valence-electron chi connectivity index (χ4n) is 4.32. The van der Waals surface area contributed by atoms with E-state index < -0.39 is 6.04 Å². The van der Waals surface area contributed by atoms with Crippen molar-refractivity contribution < 1.29 is 13.9 Å². The number of benzene rings is 3. The van der Waals surface area contributed by atoms with Crippen molar-refractivity contribution in [1.82, 2.24) is 19.4 Å². The van der Waals surface area contributed by atoms with Gasteiger partial charge in [0, 0.05) is 35.9 Å². The lowest BCUT2D eigenvalue weighted by atomic mass is 10.1. The molecule has 1 N–H and O–H groups in total. The Labute approximate surface area is 202 Å². The molecule has 0 saturated heterocycles. The Balaban J connectivity index is 1.55. The van der Waals surface area contributed by atoms with Crippen LogP contribution in [0, 0.1) is 5.82 Å². The monoisotopic (exact) mass is 468 g/mol. The number of hydrogen-bond donors (Lipinski definition) is 1. The molecule has 0 aliphatic heterocycles. The minimum absolute atomic E-state index is 0.235. The highest BCUT2D eigenvalue weighted by atomic mass is 19.1. The molecule has 5 aromatic rings. The van der Waals surface area contributed by atoms with E-state index in [0.717, 1.165) is 22.2 Å². The van der Waals surface area contributed by atoms with Gasteiger partial charge in [0.2, 0.25) is 0 Å². The molecule has 0 spiro atoms. The molecule has 1 amide bonds. The number of carbonyl (C=O) groups excluding carboxylic acids is 1. The molecule has 5 rings (SSSR count). The van der Waals surface area contributed by atoms with Crippen LogP contribution in [0.2, 0.25) is 0 Å². The lowest BCUT2D eigenvalue weighted by Crippen LogP contribution is -2.32. The molecule has 0 aliphatic rings. The van der Waals surface area contributed by atoms with E-state index in [1.807, 2.05) is 77.0 Å². The number of nitrogens with one attached hydrogen (secondary N) is 1. The molecular formula is C28H25FN4O2. The third-order valence-electron chi connectivity index (χ3n) is 6.17. The molecule has 0 aliphatic carbocycles. The topological polar surface area (TPSA) is 61.1 Å². The summed E-state index contributed by atoms with van der Waals surface area (Å²) in [5, 5.41) is 4.06. The Kier molecular flexibility index (Phi) is 6.06. The molecule has 35 heavy (non-hydrogen) atoms. The molecule has 0 saturated carbocycles. The maximum absolute atomic E-state index is 14.5. The number of amides is 1. The zero-order valence-electron chi connectivity index (χ0n) is 19.5. The van der Waals surface area contributed by atoms with Crippen LogP contribution >= 0.6 is 0 Å². The number of aryl methyl sites for hydroxylation is 1. The summed E-state index contributed by atoms with van der Waals surface area (Å²) >= 11 is 0. The molecule has 176 valence electrons. The largest absolute Gasteiger partial charge is 0.497 e. The van der Waals surface area contributed by atoms with Gasteiger partial charge >= 0.3 is 0 Å². The summed E-state index contributed by atoms with van der Waals surface area (Å²) in [6, 6.07) is 23.2. The third kappa shape index (κ3) is 4.40. The minimum Gasteiger partial charge on any atom is -0.497 e. The number of halogens is 1. The van der Waals surface area contributed by atoms with Gasteiger partial charge in [-0.2, -0.15) is 0 Å². The second-order valence-electron chi connectivity index (χ2n) is 8.34. The summed E-state index contributed by atoms with van der Waals surface area (Å²) < 4.78 is 23.5. The summed E-state index contributed by atoms with van der Waals surface area (Å²) in [5.74, 6) is 0.839. The van der Waals surface area contributed by atoms with Gasteiger partial charge in [0.15, 0.2) is 0 Å². The summed E-state index contributed by atoms with van der Waals surface area (Å²) in [6.45, 7) is 0.235. The molecule has 0 radical (unpaired) electrons. The average molecular weight is 469 g/mol. The van der Waals surface area contributed by atoms with Crippen molar-refractivity contribution in [2.75, 3.05) is 7.11 Å². The average Bonchev–Trinajstić information content (AvgIpc) is 3.47. The fourth-order valence-corrected chi connectivity index (χ4v) is 4.32. The van der Waals surface area contributed by atoms with Gasteiger partial charge in [0.05, 0.1) is 13.7 Å². The quantitative estimate of drug-likeness (QED) is 0.362. The van der Waals surface area contributed by atoms with Crippen molar-refractivity contribution in [3.8, 4) is 5.75 Å². The second-order valence-corrected chi connectivity index (χ2v) is 8.34. The van der Waals surface area contributed by atoms with Gasteiger partial charge in [-0.1, -0.05) is 48.5 Å². The van der Waals surface area contributed by atoms with Gasteiger partial charge in [-0.3, -0.25) is 4.79 Å². The van der Waals surface area contributed by atoms with Crippen LogP contribution < -0.4 is 10.1 Å².